The van der Waals surface area contributed by atoms with E-state index in [1.54, 1.807) is 0 Å². The van der Waals surface area contributed by atoms with Gasteiger partial charge in [0.2, 0.25) is 5.82 Å². The lowest BCUT2D eigenvalue weighted by Crippen LogP contribution is -2.14. The van der Waals surface area contributed by atoms with Gasteiger partial charge >= 0.3 is 12.1 Å². The van der Waals surface area contributed by atoms with Crippen LogP contribution in [0.4, 0.5) is 13.2 Å². The largest absolute Gasteiger partial charge is 0.475 e. The van der Waals surface area contributed by atoms with Crippen molar-refractivity contribution in [2.75, 3.05) is 0 Å². The molecule has 94 valence electrons. The topological polar surface area (TPSA) is 63.1 Å². The van der Waals surface area contributed by atoms with Gasteiger partial charge in [-0.15, -0.1) is 0 Å². The summed E-state index contributed by atoms with van der Waals surface area (Å²) in [6, 6.07) is 3.51. The average Bonchev–Trinajstić information content (AvgIpc) is 2.25. The minimum Gasteiger partial charge on any atom is -0.475 e. The highest BCUT2D eigenvalue weighted by Crippen LogP contribution is 2.33. The summed E-state index contributed by atoms with van der Waals surface area (Å²) in [6.07, 6.45) is -4.76. The van der Waals surface area contributed by atoms with Gasteiger partial charge in [0.25, 0.3) is 0 Å². The molecule has 2 aromatic rings. The normalized spacial score (nSPS) is 11.8. The van der Waals surface area contributed by atoms with Crippen LogP contribution in [0, 0.1) is 0 Å². The molecule has 0 atom stereocenters. The summed E-state index contributed by atoms with van der Waals surface area (Å²) in [5.41, 5.74) is -1.45. The monoisotopic (exact) mass is 276 g/mol. The van der Waals surface area contributed by atoms with Gasteiger partial charge in [-0.3, -0.25) is 0 Å². The molecule has 1 N–H and O–H groups in total. The maximum absolute atomic E-state index is 12.7. The molecule has 0 unspecified atom stereocenters. The molecule has 0 radical (unpaired) electrons. The van der Waals surface area contributed by atoms with Gasteiger partial charge in [0, 0.05) is 10.4 Å². The molecule has 0 amide bonds. The Morgan fingerprint density at radius 1 is 1.28 bits per heavy atom. The Balaban J connectivity index is 2.85. The van der Waals surface area contributed by atoms with Crippen LogP contribution in [0.3, 0.4) is 0 Å². The van der Waals surface area contributed by atoms with Crippen molar-refractivity contribution in [3.8, 4) is 0 Å². The van der Waals surface area contributed by atoms with Gasteiger partial charge in [0.15, 0.2) is 5.69 Å². The third kappa shape index (κ3) is 2.21. The highest BCUT2D eigenvalue weighted by molar-refractivity contribution is 6.31. The summed E-state index contributed by atoms with van der Waals surface area (Å²) in [5, 5.41) is 8.54. The second-order valence-electron chi connectivity index (χ2n) is 3.36. The molecule has 1 aromatic carbocycles. The Morgan fingerprint density at radius 3 is 2.50 bits per heavy atom. The van der Waals surface area contributed by atoms with Crippen LogP contribution in [0.25, 0.3) is 10.9 Å². The second kappa shape index (κ2) is 4.09. The molecule has 0 bridgehead atoms. The number of aromatic nitrogens is 2. The minimum atomic E-state index is -4.76. The van der Waals surface area contributed by atoms with Crippen molar-refractivity contribution in [2.24, 2.45) is 0 Å². The van der Waals surface area contributed by atoms with Crippen LogP contribution in [0.1, 0.15) is 16.3 Å². The average molecular weight is 277 g/mol. The van der Waals surface area contributed by atoms with Crippen molar-refractivity contribution in [1.29, 1.82) is 0 Å². The molecule has 0 aliphatic carbocycles. The third-order valence-corrected chi connectivity index (χ3v) is 2.35. The number of alkyl halides is 3. The molecule has 1 aromatic heterocycles. The smallest absolute Gasteiger partial charge is 0.434 e. The Labute approximate surface area is 103 Å². The van der Waals surface area contributed by atoms with Crippen molar-refractivity contribution < 1.29 is 23.1 Å². The number of hydrogen-bond donors (Lipinski definition) is 1. The number of rotatable bonds is 1. The zero-order valence-electron chi connectivity index (χ0n) is 8.49. The molecule has 0 saturated heterocycles. The Hall–Kier alpha value is -1.89. The number of benzene rings is 1. The molecule has 1 heterocycles. The van der Waals surface area contributed by atoms with E-state index in [2.05, 4.69) is 9.97 Å². The third-order valence-electron chi connectivity index (χ3n) is 2.12. The first kappa shape index (κ1) is 12.6. The van der Waals surface area contributed by atoms with Crippen LogP contribution in [0.15, 0.2) is 18.2 Å². The van der Waals surface area contributed by atoms with E-state index in [0.717, 1.165) is 12.1 Å². The Morgan fingerprint density at radius 2 is 1.94 bits per heavy atom. The molecular formula is C10H4ClF3N2O2. The maximum atomic E-state index is 12.7. The fourth-order valence-electron chi connectivity index (χ4n) is 1.41. The van der Waals surface area contributed by atoms with Gasteiger partial charge in [0.05, 0.1) is 5.52 Å². The van der Waals surface area contributed by atoms with Gasteiger partial charge < -0.3 is 5.11 Å². The van der Waals surface area contributed by atoms with Crippen molar-refractivity contribution in [1.82, 2.24) is 9.97 Å². The molecule has 0 aliphatic heterocycles. The quantitative estimate of drug-likeness (QED) is 0.870. The van der Waals surface area contributed by atoms with E-state index in [-0.39, 0.29) is 15.9 Å². The number of fused-ring (bicyclic) bond motifs is 1. The molecule has 2 rings (SSSR count). The standard InChI is InChI=1S/C10H4ClF3N2O2/c11-4-1-2-5-6(3-4)15-8(9(17)18)16-7(5)10(12,13)14/h1-3H,(H,17,18). The number of carbonyl (C=O) groups is 1. The van der Waals surface area contributed by atoms with E-state index < -0.39 is 23.7 Å². The molecular weight excluding hydrogens is 273 g/mol. The molecule has 0 aliphatic rings. The minimum absolute atomic E-state index is 0.158. The van der Waals surface area contributed by atoms with Crippen LogP contribution in [0.2, 0.25) is 5.02 Å². The number of hydrogen-bond acceptors (Lipinski definition) is 3. The molecule has 4 nitrogen and oxygen atoms in total. The highest BCUT2D eigenvalue weighted by atomic mass is 35.5. The van der Waals surface area contributed by atoms with E-state index >= 15 is 0 Å². The van der Waals surface area contributed by atoms with Gasteiger partial charge in [-0.05, 0) is 18.2 Å². The number of nitrogens with zero attached hydrogens (tertiary/aromatic N) is 2. The lowest BCUT2D eigenvalue weighted by Gasteiger charge is -2.09. The molecule has 0 saturated carbocycles. The summed E-state index contributed by atoms with van der Waals surface area (Å²) in [7, 11) is 0. The van der Waals surface area contributed by atoms with Crippen LogP contribution in [-0.4, -0.2) is 21.0 Å². The fraction of sp³-hybridized carbons (Fsp3) is 0.100. The summed E-state index contributed by atoms with van der Waals surface area (Å²) < 4.78 is 38.2. The van der Waals surface area contributed by atoms with Gasteiger partial charge in [0.1, 0.15) is 0 Å². The Bertz CT molecular complexity index is 643. The second-order valence-corrected chi connectivity index (χ2v) is 3.80. The fourth-order valence-corrected chi connectivity index (χ4v) is 1.58. The summed E-state index contributed by atoms with van der Waals surface area (Å²) in [6.45, 7) is 0. The summed E-state index contributed by atoms with van der Waals surface area (Å²) >= 11 is 5.63. The Kier molecular flexibility index (Phi) is 2.86. The number of carboxylic acids is 1. The van der Waals surface area contributed by atoms with Crippen LogP contribution >= 0.6 is 11.6 Å². The first-order valence-corrected chi connectivity index (χ1v) is 4.94. The molecule has 8 heteroatoms. The molecule has 0 spiro atoms. The number of carboxylic acid groups (broad SMARTS) is 1. The van der Waals surface area contributed by atoms with E-state index in [9.17, 15) is 18.0 Å². The van der Waals surface area contributed by atoms with E-state index in [1.807, 2.05) is 0 Å². The highest BCUT2D eigenvalue weighted by Gasteiger charge is 2.36. The van der Waals surface area contributed by atoms with Crippen molar-refractivity contribution in [2.45, 2.75) is 6.18 Å². The lowest BCUT2D eigenvalue weighted by atomic mass is 10.2. The first-order chi connectivity index (χ1) is 8.29. The van der Waals surface area contributed by atoms with Crippen LogP contribution in [-0.2, 0) is 6.18 Å². The zero-order chi connectivity index (χ0) is 13.5. The lowest BCUT2D eigenvalue weighted by molar-refractivity contribution is -0.139. The van der Waals surface area contributed by atoms with E-state index in [1.165, 1.54) is 6.07 Å². The van der Waals surface area contributed by atoms with Crippen LogP contribution in [0.5, 0.6) is 0 Å². The first-order valence-electron chi connectivity index (χ1n) is 4.57. The summed E-state index contributed by atoms with van der Waals surface area (Å²) in [4.78, 5) is 17.2. The molecule has 18 heavy (non-hydrogen) atoms. The van der Waals surface area contributed by atoms with Crippen molar-refractivity contribution in [3.05, 3.63) is 34.7 Å². The predicted octanol–water partition coefficient (Wildman–Crippen LogP) is 3.00. The number of halogens is 4. The molecule has 0 fully saturated rings. The van der Waals surface area contributed by atoms with Gasteiger partial charge in [-0.2, -0.15) is 13.2 Å². The van der Waals surface area contributed by atoms with Crippen molar-refractivity contribution in [3.63, 3.8) is 0 Å². The van der Waals surface area contributed by atoms with Crippen molar-refractivity contribution >= 4 is 28.5 Å². The predicted molar refractivity (Wildman–Crippen MR) is 56.5 cm³/mol. The van der Waals surface area contributed by atoms with E-state index in [0.29, 0.717) is 0 Å². The van der Waals surface area contributed by atoms with Gasteiger partial charge in [-0.25, -0.2) is 14.8 Å². The maximum Gasteiger partial charge on any atom is 0.434 e. The van der Waals surface area contributed by atoms with Crippen LogP contribution < -0.4 is 0 Å². The zero-order valence-corrected chi connectivity index (χ0v) is 9.25. The number of aromatic carboxylic acids is 1. The van der Waals surface area contributed by atoms with Gasteiger partial charge in [-0.1, -0.05) is 11.6 Å². The summed E-state index contributed by atoms with van der Waals surface area (Å²) in [5.74, 6) is -2.56. The SMILES string of the molecule is O=C(O)c1nc(C(F)(F)F)c2ccc(Cl)cc2n1. The van der Waals surface area contributed by atoms with E-state index in [4.69, 9.17) is 16.7 Å².